The van der Waals surface area contributed by atoms with Crippen LogP contribution in [0.15, 0.2) is 42.5 Å². The van der Waals surface area contributed by atoms with Gasteiger partial charge in [0.2, 0.25) is 0 Å². The number of rotatable bonds is 4. The molecule has 0 amide bonds. The number of carboxylic acid groups (broad SMARTS) is 1. The topological polar surface area (TPSA) is 93.3 Å². The maximum atomic E-state index is 11.5. The Hall–Kier alpha value is -2.83. The van der Waals surface area contributed by atoms with Gasteiger partial charge in [-0.3, -0.25) is 4.79 Å². The number of aromatic nitrogens is 5. The van der Waals surface area contributed by atoms with Crippen LogP contribution in [0.2, 0.25) is 0 Å². The zero-order valence-corrected chi connectivity index (χ0v) is 10.4. The highest BCUT2D eigenvalue weighted by molar-refractivity contribution is 5.75. The molecule has 3 aromatic rings. The molecule has 2 aromatic heterocycles. The predicted molar refractivity (Wildman–Crippen MR) is 69.1 cm³/mol. The van der Waals surface area contributed by atoms with Crippen LogP contribution in [0, 0.1) is 0 Å². The molecule has 0 radical (unpaired) electrons. The minimum atomic E-state index is -0.922. The molecule has 1 aromatic carbocycles. The first kappa shape index (κ1) is 12.2. The lowest BCUT2D eigenvalue weighted by Gasteiger charge is -2.11. The molecule has 20 heavy (non-hydrogen) atoms. The second-order valence-electron chi connectivity index (χ2n) is 4.37. The number of aliphatic carboxylic acids is 1. The molecule has 0 aliphatic rings. The van der Waals surface area contributed by atoms with Gasteiger partial charge < -0.3 is 5.11 Å². The molecule has 0 saturated carbocycles. The Balaban J connectivity index is 1.95. The largest absolute Gasteiger partial charge is 0.481 e. The highest BCUT2D eigenvalue weighted by atomic mass is 16.4. The van der Waals surface area contributed by atoms with Gasteiger partial charge in [-0.1, -0.05) is 30.3 Å². The van der Waals surface area contributed by atoms with Crippen molar-refractivity contribution in [3.05, 3.63) is 53.7 Å². The molecule has 0 aliphatic carbocycles. The van der Waals surface area contributed by atoms with Gasteiger partial charge in [0.05, 0.1) is 5.69 Å². The standard InChI is InChI=1S/C13H11N5O2/c19-13(20)10(8-9-4-2-1-3-5-9)11-6-7-12-14-16-17-18(12)15-11/h1-7,10H,8H2,(H,19,20). The van der Waals surface area contributed by atoms with Crippen molar-refractivity contribution in [2.24, 2.45) is 0 Å². The molecule has 1 atom stereocenters. The fourth-order valence-electron chi connectivity index (χ4n) is 2.02. The van der Waals surface area contributed by atoms with E-state index in [0.717, 1.165) is 5.56 Å². The van der Waals surface area contributed by atoms with Crippen LogP contribution in [0.3, 0.4) is 0 Å². The van der Waals surface area contributed by atoms with E-state index in [2.05, 4.69) is 20.6 Å². The number of fused-ring (bicyclic) bond motifs is 1. The summed E-state index contributed by atoms with van der Waals surface area (Å²) in [6, 6.07) is 12.7. The van der Waals surface area contributed by atoms with E-state index in [0.29, 0.717) is 17.8 Å². The second kappa shape index (κ2) is 5.04. The third kappa shape index (κ3) is 2.33. The van der Waals surface area contributed by atoms with Crippen molar-refractivity contribution in [3.63, 3.8) is 0 Å². The summed E-state index contributed by atoms with van der Waals surface area (Å²) in [5, 5.41) is 24.5. The molecule has 0 saturated heterocycles. The third-order valence-electron chi connectivity index (χ3n) is 3.03. The first-order valence-electron chi connectivity index (χ1n) is 6.06. The van der Waals surface area contributed by atoms with Gasteiger partial charge in [-0.05, 0) is 34.5 Å². The number of tetrazole rings is 1. The lowest BCUT2D eigenvalue weighted by Crippen LogP contribution is -2.17. The van der Waals surface area contributed by atoms with Crippen molar-refractivity contribution >= 4 is 11.6 Å². The van der Waals surface area contributed by atoms with Crippen molar-refractivity contribution < 1.29 is 9.90 Å². The van der Waals surface area contributed by atoms with E-state index in [9.17, 15) is 9.90 Å². The zero-order chi connectivity index (χ0) is 13.9. The quantitative estimate of drug-likeness (QED) is 0.757. The molecule has 7 heteroatoms. The van der Waals surface area contributed by atoms with Crippen LogP contribution in [0.4, 0.5) is 0 Å². The Morgan fingerprint density at radius 2 is 2.00 bits per heavy atom. The average Bonchev–Trinajstić information content (AvgIpc) is 2.93. The number of hydrogen-bond donors (Lipinski definition) is 1. The van der Waals surface area contributed by atoms with E-state index in [1.165, 1.54) is 4.63 Å². The summed E-state index contributed by atoms with van der Waals surface area (Å²) in [6.45, 7) is 0. The Morgan fingerprint density at radius 1 is 1.20 bits per heavy atom. The van der Waals surface area contributed by atoms with Gasteiger partial charge in [0.1, 0.15) is 5.92 Å². The van der Waals surface area contributed by atoms with E-state index < -0.39 is 11.9 Å². The summed E-state index contributed by atoms with van der Waals surface area (Å²) in [4.78, 5) is 11.5. The van der Waals surface area contributed by atoms with Crippen LogP contribution < -0.4 is 0 Å². The lowest BCUT2D eigenvalue weighted by atomic mass is 9.96. The molecule has 100 valence electrons. The monoisotopic (exact) mass is 269 g/mol. The SMILES string of the molecule is O=C(O)C(Cc1ccccc1)c1ccc2nnnn2n1. The molecule has 1 N–H and O–H groups in total. The lowest BCUT2D eigenvalue weighted by molar-refractivity contribution is -0.138. The summed E-state index contributed by atoms with van der Waals surface area (Å²) >= 11 is 0. The van der Waals surface area contributed by atoms with E-state index in [-0.39, 0.29) is 0 Å². The van der Waals surface area contributed by atoms with Crippen LogP contribution in [0.25, 0.3) is 5.65 Å². The van der Waals surface area contributed by atoms with E-state index in [1.54, 1.807) is 12.1 Å². The van der Waals surface area contributed by atoms with Crippen molar-refractivity contribution in [1.82, 2.24) is 25.3 Å². The first-order chi connectivity index (χ1) is 9.74. The molecule has 7 nitrogen and oxygen atoms in total. The first-order valence-corrected chi connectivity index (χ1v) is 6.06. The number of carbonyl (C=O) groups is 1. The molecule has 2 heterocycles. The van der Waals surface area contributed by atoms with Crippen molar-refractivity contribution in [2.75, 3.05) is 0 Å². The van der Waals surface area contributed by atoms with Crippen LogP contribution in [-0.2, 0) is 11.2 Å². The second-order valence-corrected chi connectivity index (χ2v) is 4.37. The van der Waals surface area contributed by atoms with Gasteiger partial charge >= 0.3 is 5.97 Å². The Labute approximate surface area is 113 Å². The summed E-state index contributed by atoms with van der Waals surface area (Å²) in [7, 11) is 0. The molecule has 0 spiro atoms. The Kier molecular flexibility index (Phi) is 3.08. The smallest absolute Gasteiger partial charge is 0.313 e. The van der Waals surface area contributed by atoms with Gasteiger partial charge in [0, 0.05) is 0 Å². The van der Waals surface area contributed by atoms with Crippen molar-refractivity contribution in [1.29, 1.82) is 0 Å². The van der Waals surface area contributed by atoms with Gasteiger partial charge in [0.25, 0.3) is 0 Å². The molecule has 1 unspecified atom stereocenters. The molecular formula is C13H11N5O2. The number of hydrogen-bond acceptors (Lipinski definition) is 5. The van der Waals surface area contributed by atoms with E-state index >= 15 is 0 Å². The summed E-state index contributed by atoms with van der Waals surface area (Å²) in [6.07, 6.45) is 0.372. The third-order valence-corrected chi connectivity index (χ3v) is 3.03. The molecular weight excluding hydrogens is 258 g/mol. The Bertz CT molecular complexity index is 741. The highest BCUT2D eigenvalue weighted by Gasteiger charge is 2.22. The molecule has 0 aliphatic heterocycles. The maximum Gasteiger partial charge on any atom is 0.313 e. The van der Waals surface area contributed by atoms with Gasteiger partial charge in [-0.2, -0.15) is 5.10 Å². The zero-order valence-electron chi connectivity index (χ0n) is 10.4. The molecule has 0 bridgehead atoms. The minimum absolute atomic E-state index is 0.372. The van der Waals surface area contributed by atoms with Crippen LogP contribution >= 0.6 is 0 Å². The number of nitrogens with zero attached hydrogens (tertiary/aromatic N) is 5. The highest BCUT2D eigenvalue weighted by Crippen LogP contribution is 2.19. The summed E-state index contributed by atoms with van der Waals surface area (Å²) < 4.78 is 1.23. The maximum absolute atomic E-state index is 11.5. The number of carboxylic acids is 1. The normalized spacial score (nSPS) is 12.4. The van der Waals surface area contributed by atoms with Crippen LogP contribution in [-0.4, -0.2) is 36.3 Å². The van der Waals surface area contributed by atoms with Gasteiger partial charge in [-0.15, -0.1) is 9.73 Å². The summed E-state index contributed by atoms with van der Waals surface area (Å²) in [5.74, 6) is -1.65. The van der Waals surface area contributed by atoms with E-state index in [1.807, 2.05) is 30.3 Å². The average molecular weight is 269 g/mol. The van der Waals surface area contributed by atoms with Gasteiger partial charge in [-0.25, -0.2) is 0 Å². The van der Waals surface area contributed by atoms with E-state index in [4.69, 9.17) is 0 Å². The molecule has 0 fully saturated rings. The minimum Gasteiger partial charge on any atom is -0.481 e. The predicted octanol–water partition coefficient (Wildman–Crippen LogP) is 0.930. The summed E-state index contributed by atoms with van der Waals surface area (Å²) in [5.41, 5.74) is 1.86. The Morgan fingerprint density at radius 3 is 2.75 bits per heavy atom. The fourth-order valence-corrected chi connectivity index (χ4v) is 2.02. The van der Waals surface area contributed by atoms with Crippen molar-refractivity contribution in [3.8, 4) is 0 Å². The van der Waals surface area contributed by atoms with Gasteiger partial charge in [0.15, 0.2) is 5.65 Å². The van der Waals surface area contributed by atoms with Crippen LogP contribution in [0.1, 0.15) is 17.2 Å². The van der Waals surface area contributed by atoms with Crippen molar-refractivity contribution in [2.45, 2.75) is 12.3 Å². The fraction of sp³-hybridized carbons (Fsp3) is 0.154. The number of benzene rings is 1. The molecule has 3 rings (SSSR count). The van der Waals surface area contributed by atoms with Crippen LogP contribution in [0.5, 0.6) is 0 Å².